The average molecular weight is 270 g/mol. The van der Waals surface area contributed by atoms with E-state index in [2.05, 4.69) is 30.5 Å². The fraction of sp³-hybridized carbons (Fsp3) is 0.250. The number of hydrogen-bond donors (Lipinski definition) is 0. The summed E-state index contributed by atoms with van der Waals surface area (Å²) in [5, 5.41) is 10.5. The van der Waals surface area contributed by atoms with Crippen molar-refractivity contribution >= 4 is 6.08 Å². The van der Waals surface area contributed by atoms with Gasteiger partial charge in [0, 0.05) is 23.0 Å². The predicted octanol–water partition coefficient (Wildman–Crippen LogP) is 3.96. The van der Waals surface area contributed by atoms with Gasteiger partial charge >= 0.3 is 0 Å². The summed E-state index contributed by atoms with van der Waals surface area (Å²) in [5.41, 5.74) is 6.50. The van der Waals surface area contributed by atoms with Crippen LogP contribution in [0, 0.1) is 37.8 Å². The predicted molar refractivity (Wildman–Crippen MR) is 80.7 cm³/mol. The fourth-order valence-corrected chi connectivity index (χ4v) is 2.60. The van der Waals surface area contributed by atoms with E-state index < -0.39 is 4.92 Å². The molecule has 1 heterocycles. The Morgan fingerprint density at radius 1 is 1.15 bits per heavy atom. The molecule has 104 valence electrons. The Balaban J connectivity index is 2.62. The molecule has 0 bridgehead atoms. The second-order valence-electron chi connectivity index (χ2n) is 5.00. The Labute approximate surface area is 118 Å². The molecule has 0 fully saturated rings. The second kappa shape index (κ2) is 5.33. The molecular formula is C16H18N2O2. The molecule has 0 saturated heterocycles. The molecule has 0 unspecified atom stereocenters. The van der Waals surface area contributed by atoms with Crippen molar-refractivity contribution in [3.05, 3.63) is 68.7 Å². The first-order valence-electron chi connectivity index (χ1n) is 6.49. The summed E-state index contributed by atoms with van der Waals surface area (Å²) in [6.07, 6.45) is 2.53. The van der Waals surface area contributed by atoms with Crippen molar-refractivity contribution < 1.29 is 4.92 Å². The zero-order valence-electron chi connectivity index (χ0n) is 12.2. The van der Waals surface area contributed by atoms with E-state index in [0.29, 0.717) is 0 Å². The smallest absolute Gasteiger partial charge is 0.235 e. The summed E-state index contributed by atoms with van der Waals surface area (Å²) in [6, 6.07) is 8.17. The largest absolute Gasteiger partial charge is 0.317 e. The molecule has 0 atom stereocenters. The molecule has 0 spiro atoms. The standard InChI is InChI=1S/C16H18N2O2/c1-11-6-5-7-12(2)16(11)18-13(3)10-15(14(18)4)8-9-17(19)20/h5-10H,1-4H3/b9-8-. The maximum absolute atomic E-state index is 10.5. The van der Waals surface area contributed by atoms with E-state index in [0.717, 1.165) is 28.8 Å². The van der Waals surface area contributed by atoms with Gasteiger partial charge in [-0.3, -0.25) is 10.1 Å². The average Bonchev–Trinajstić information content (AvgIpc) is 2.63. The van der Waals surface area contributed by atoms with E-state index >= 15 is 0 Å². The quantitative estimate of drug-likeness (QED) is 0.626. The Kier molecular flexibility index (Phi) is 3.74. The molecule has 4 nitrogen and oxygen atoms in total. The van der Waals surface area contributed by atoms with Crippen LogP contribution in [0.25, 0.3) is 11.8 Å². The van der Waals surface area contributed by atoms with Crippen molar-refractivity contribution in [1.29, 1.82) is 0 Å². The third-order valence-corrected chi connectivity index (χ3v) is 3.51. The van der Waals surface area contributed by atoms with E-state index in [4.69, 9.17) is 0 Å². The van der Waals surface area contributed by atoms with Gasteiger partial charge in [0.2, 0.25) is 6.20 Å². The highest BCUT2D eigenvalue weighted by Gasteiger charge is 2.13. The molecule has 0 aliphatic rings. The summed E-state index contributed by atoms with van der Waals surface area (Å²) in [7, 11) is 0. The highest BCUT2D eigenvalue weighted by atomic mass is 16.6. The van der Waals surface area contributed by atoms with Crippen molar-refractivity contribution in [3.63, 3.8) is 0 Å². The van der Waals surface area contributed by atoms with Crippen molar-refractivity contribution in [3.8, 4) is 5.69 Å². The topological polar surface area (TPSA) is 48.1 Å². The number of para-hydroxylation sites is 1. The van der Waals surface area contributed by atoms with E-state index in [9.17, 15) is 10.1 Å². The Hall–Kier alpha value is -2.36. The monoisotopic (exact) mass is 270 g/mol. The number of benzene rings is 1. The van der Waals surface area contributed by atoms with Crippen LogP contribution in [0.5, 0.6) is 0 Å². The molecule has 20 heavy (non-hydrogen) atoms. The van der Waals surface area contributed by atoms with Crippen LogP contribution >= 0.6 is 0 Å². The third kappa shape index (κ3) is 2.50. The van der Waals surface area contributed by atoms with Gasteiger partial charge in [0.05, 0.1) is 10.6 Å². The van der Waals surface area contributed by atoms with E-state index in [1.807, 2.05) is 26.0 Å². The zero-order valence-corrected chi connectivity index (χ0v) is 12.2. The van der Waals surface area contributed by atoms with Gasteiger partial charge in [-0.25, -0.2) is 0 Å². The van der Waals surface area contributed by atoms with Crippen molar-refractivity contribution in [2.24, 2.45) is 0 Å². The van der Waals surface area contributed by atoms with Gasteiger partial charge < -0.3 is 4.57 Å². The Morgan fingerprint density at radius 2 is 1.75 bits per heavy atom. The van der Waals surface area contributed by atoms with Crippen LogP contribution in [0.15, 0.2) is 30.5 Å². The minimum Gasteiger partial charge on any atom is -0.317 e. The zero-order chi connectivity index (χ0) is 14.9. The van der Waals surface area contributed by atoms with Gasteiger partial charge in [0.1, 0.15) is 0 Å². The van der Waals surface area contributed by atoms with Gasteiger partial charge in [0.15, 0.2) is 0 Å². The van der Waals surface area contributed by atoms with Gasteiger partial charge in [-0.05, 0) is 44.9 Å². The van der Waals surface area contributed by atoms with Crippen molar-refractivity contribution in [2.75, 3.05) is 0 Å². The van der Waals surface area contributed by atoms with E-state index in [-0.39, 0.29) is 0 Å². The lowest BCUT2D eigenvalue weighted by Crippen LogP contribution is -2.03. The van der Waals surface area contributed by atoms with Crippen LogP contribution in [0.4, 0.5) is 0 Å². The normalized spacial score (nSPS) is 11.2. The lowest BCUT2D eigenvalue weighted by molar-refractivity contribution is -0.400. The highest BCUT2D eigenvalue weighted by molar-refractivity contribution is 5.58. The number of nitrogens with zero attached hydrogens (tertiary/aromatic N) is 2. The maximum atomic E-state index is 10.5. The summed E-state index contributed by atoms with van der Waals surface area (Å²) >= 11 is 0. The minimum absolute atomic E-state index is 0.439. The molecule has 2 rings (SSSR count). The van der Waals surface area contributed by atoms with E-state index in [1.54, 1.807) is 6.08 Å². The molecule has 4 heteroatoms. The number of aryl methyl sites for hydroxylation is 3. The molecule has 2 aromatic rings. The first-order chi connectivity index (χ1) is 9.41. The number of aromatic nitrogens is 1. The number of hydrogen-bond acceptors (Lipinski definition) is 2. The molecule has 0 radical (unpaired) electrons. The highest BCUT2D eigenvalue weighted by Crippen LogP contribution is 2.26. The summed E-state index contributed by atoms with van der Waals surface area (Å²) < 4.78 is 2.16. The van der Waals surface area contributed by atoms with Crippen LogP contribution < -0.4 is 0 Å². The Bertz CT molecular complexity index is 676. The molecule has 1 aromatic heterocycles. The maximum Gasteiger partial charge on any atom is 0.235 e. The number of nitro groups is 1. The Morgan fingerprint density at radius 3 is 2.30 bits per heavy atom. The van der Waals surface area contributed by atoms with Gasteiger partial charge in [-0.15, -0.1) is 0 Å². The molecule has 0 aliphatic carbocycles. The molecular weight excluding hydrogens is 252 g/mol. The lowest BCUT2D eigenvalue weighted by Gasteiger charge is -2.15. The first-order valence-corrected chi connectivity index (χ1v) is 6.49. The summed E-state index contributed by atoms with van der Waals surface area (Å²) in [4.78, 5) is 10.0. The van der Waals surface area contributed by atoms with Crippen molar-refractivity contribution in [2.45, 2.75) is 27.7 Å². The minimum atomic E-state index is -0.439. The van der Waals surface area contributed by atoms with Crippen LogP contribution in [0.2, 0.25) is 0 Å². The van der Waals surface area contributed by atoms with Crippen LogP contribution in [-0.4, -0.2) is 9.49 Å². The second-order valence-corrected chi connectivity index (χ2v) is 5.00. The lowest BCUT2D eigenvalue weighted by atomic mass is 10.1. The molecule has 1 aromatic carbocycles. The van der Waals surface area contributed by atoms with Crippen LogP contribution in [0.1, 0.15) is 28.1 Å². The molecule has 0 amide bonds. The molecule has 0 saturated carbocycles. The first kappa shape index (κ1) is 14.1. The van der Waals surface area contributed by atoms with Crippen LogP contribution in [-0.2, 0) is 0 Å². The molecule has 0 aliphatic heterocycles. The SMILES string of the molecule is Cc1cccc(C)c1-n1c(C)cc(/C=C\[N+](=O)[O-])c1C. The third-order valence-electron chi connectivity index (χ3n) is 3.51. The van der Waals surface area contributed by atoms with Crippen LogP contribution in [0.3, 0.4) is 0 Å². The number of rotatable bonds is 3. The fourth-order valence-electron chi connectivity index (χ4n) is 2.60. The van der Waals surface area contributed by atoms with Gasteiger partial charge in [0.25, 0.3) is 0 Å². The summed E-state index contributed by atoms with van der Waals surface area (Å²) in [6.45, 7) is 8.16. The molecule has 0 N–H and O–H groups in total. The van der Waals surface area contributed by atoms with Crippen molar-refractivity contribution in [1.82, 2.24) is 4.57 Å². The van der Waals surface area contributed by atoms with Gasteiger partial charge in [-0.2, -0.15) is 0 Å². The summed E-state index contributed by atoms with van der Waals surface area (Å²) in [5.74, 6) is 0. The van der Waals surface area contributed by atoms with E-state index in [1.165, 1.54) is 11.1 Å². The van der Waals surface area contributed by atoms with Gasteiger partial charge in [-0.1, -0.05) is 18.2 Å².